The lowest BCUT2D eigenvalue weighted by molar-refractivity contribution is 0.410. The number of halogens is 2. The first-order valence-corrected chi connectivity index (χ1v) is 10.1. The zero-order chi connectivity index (χ0) is 20.2. The summed E-state index contributed by atoms with van der Waals surface area (Å²) in [7, 11) is 0. The van der Waals surface area contributed by atoms with Crippen LogP contribution in [-0.4, -0.2) is 34.9 Å². The predicted molar refractivity (Wildman–Crippen MR) is 116 cm³/mol. The number of nitrogen functional groups attached to an aromatic ring is 1. The molecule has 1 aliphatic heterocycles. The largest absolute Gasteiger partial charge is 0.369 e. The molecule has 1 aliphatic carbocycles. The van der Waals surface area contributed by atoms with Crippen LogP contribution in [-0.2, 0) is 0 Å². The molecule has 2 fully saturated rings. The highest BCUT2D eigenvalue weighted by Gasteiger charge is 2.33. The van der Waals surface area contributed by atoms with Crippen molar-refractivity contribution in [1.29, 1.82) is 0 Å². The molecular weight excluding hydrogens is 397 g/mol. The van der Waals surface area contributed by atoms with E-state index in [-0.39, 0.29) is 23.8 Å². The number of hydrogen-bond acceptors (Lipinski definition) is 5. The second kappa shape index (κ2) is 7.99. The Morgan fingerprint density at radius 1 is 1.31 bits per heavy atom. The van der Waals surface area contributed by atoms with Crippen LogP contribution in [0.2, 0.25) is 0 Å². The summed E-state index contributed by atoms with van der Waals surface area (Å²) in [4.78, 5) is 27.2. The van der Waals surface area contributed by atoms with Gasteiger partial charge < -0.3 is 16.1 Å². The summed E-state index contributed by atoms with van der Waals surface area (Å²) < 4.78 is 17.3. The zero-order valence-electron chi connectivity index (χ0n) is 17.1. The monoisotopic (exact) mass is 425 g/mol. The molecule has 0 spiro atoms. The van der Waals surface area contributed by atoms with Crippen molar-refractivity contribution in [3.63, 3.8) is 0 Å². The molecule has 1 saturated heterocycles. The molecule has 4 rings (SSSR count). The minimum atomic E-state index is -0.648. The molecule has 7 nitrogen and oxygen atoms in total. The first-order chi connectivity index (χ1) is 13.3. The SMILES string of the molecule is CCN[C@@H](C)C1CCN(c2c(F)cc3c(=O)n(N)c(=O)n(C4CC4)c3c2C)C1.Cl. The van der Waals surface area contributed by atoms with Crippen molar-refractivity contribution in [2.75, 3.05) is 30.4 Å². The van der Waals surface area contributed by atoms with Gasteiger partial charge in [0.1, 0.15) is 5.82 Å². The number of anilines is 1. The topological polar surface area (TPSA) is 85.3 Å². The third kappa shape index (κ3) is 3.53. The molecule has 160 valence electrons. The van der Waals surface area contributed by atoms with Gasteiger partial charge in [-0.1, -0.05) is 6.92 Å². The Labute approximate surface area is 175 Å². The quantitative estimate of drug-likeness (QED) is 0.715. The summed E-state index contributed by atoms with van der Waals surface area (Å²) in [6, 6.07) is 1.64. The zero-order valence-corrected chi connectivity index (χ0v) is 17.9. The van der Waals surface area contributed by atoms with Gasteiger partial charge in [-0.25, -0.2) is 9.18 Å². The summed E-state index contributed by atoms with van der Waals surface area (Å²) in [5.74, 6) is 5.68. The van der Waals surface area contributed by atoms with Gasteiger partial charge in [-0.3, -0.25) is 9.36 Å². The average Bonchev–Trinajstić information content (AvgIpc) is 3.38. The van der Waals surface area contributed by atoms with Gasteiger partial charge in [0.25, 0.3) is 5.56 Å². The van der Waals surface area contributed by atoms with Crippen LogP contribution in [0.4, 0.5) is 10.1 Å². The number of nitrogens with zero attached hydrogens (tertiary/aromatic N) is 3. The van der Waals surface area contributed by atoms with Gasteiger partial charge in [-0.05, 0) is 51.6 Å². The smallest absolute Gasteiger partial charge is 0.350 e. The van der Waals surface area contributed by atoms with E-state index in [9.17, 15) is 9.59 Å². The molecule has 2 aliphatic rings. The van der Waals surface area contributed by atoms with Crippen LogP contribution in [0.1, 0.15) is 44.7 Å². The van der Waals surface area contributed by atoms with Crippen molar-refractivity contribution in [2.45, 2.75) is 52.1 Å². The van der Waals surface area contributed by atoms with E-state index in [1.165, 1.54) is 6.07 Å². The molecule has 3 N–H and O–H groups in total. The molecule has 0 amide bonds. The van der Waals surface area contributed by atoms with Gasteiger partial charge >= 0.3 is 5.69 Å². The minimum Gasteiger partial charge on any atom is -0.369 e. The molecule has 0 bridgehead atoms. The Bertz CT molecular complexity index is 1050. The molecule has 1 aromatic carbocycles. The fraction of sp³-hybridized carbons (Fsp3) is 0.600. The van der Waals surface area contributed by atoms with Crippen LogP contribution in [0.15, 0.2) is 15.7 Å². The number of nitrogens with one attached hydrogen (secondary N) is 1. The molecule has 1 unspecified atom stereocenters. The maximum absolute atomic E-state index is 15.1. The van der Waals surface area contributed by atoms with Crippen LogP contribution in [0.3, 0.4) is 0 Å². The van der Waals surface area contributed by atoms with Gasteiger partial charge in [0, 0.05) is 30.7 Å². The van der Waals surface area contributed by atoms with E-state index in [4.69, 9.17) is 5.84 Å². The van der Waals surface area contributed by atoms with E-state index in [0.29, 0.717) is 33.4 Å². The van der Waals surface area contributed by atoms with E-state index in [0.717, 1.165) is 38.9 Å². The van der Waals surface area contributed by atoms with E-state index in [2.05, 4.69) is 24.1 Å². The van der Waals surface area contributed by atoms with E-state index in [1.54, 1.807) is 11.5 Å². The molecule has 29 heavy (non-hydrogen) atoms. The number of aryl methyl sites for hydroxylation is 1. The van der Waals surface area contributed by atoms with Crippen molar-refractivity contribution in [3.8, 4) is 0 Å². The highest BCUT2D eigenvalue weighted by Crippen LogP contribution is 2.39. The van der Waals surface area contributed by atoms with Crippen LogP contribution >= 0.6 is 12.4 Å². The Morgan fingerprint density at radius 3 is 2.62 bits per heavy atom. The summed E-state index contributed by atoms with van der Waals surface area (Å²) in [6.07, 6.45) is 2.71. The molecule has 1 aromatic heterocycles. The van der Waals surface area contributed by atoms with Gasteiger partial charge in [0.2, 0.25) is 0 Å². The highest BCUT2D eigenvalue weighted by atomic mass is 35.5. The second-order valence-corrected chi connectivity index (χ2v) is 8.13. The van der Waals surface area contributed by atoms with Gasteiger partial charge in [-0.15, -0.1) is 12.4 Å². The predicted octanol–water partition coefficient (Wildman–Crippen LogP) is 1.91. The molecular formula is C20H29ClFN5O2. The fourth-order valence-electron chi connectivity index (χ4n) is 4.61. The van der Waals surface area contributed by atoms with E-state index < -0.39 is 17.1 Å². The Hall–Kier alpha value is -2.06. The van der Waals surface area contributed by atoms with Crippen molar-refractivity contribution < 1.29 is 4.39 Å². The maximum Gasteiger partial charge on any atom is 0.350 e. The number of benzene rings is 1. The van der Waals surface area contributed by atoms with Crippen molar-refractivity contribution in [1.82, 2.24) is 14.6 Å². The number of hydrogen-bond donors (Lipinski definition) is 2. The molecule has 2 atom stereocenters. The molecule has 2 aromatic rings. The van der Waals surface area contributed by atoms with Crippen LogP contribution in [0.5, 0.6) is 0 Å². The standard InChI is InChI=1S/C20H28FN5O2.ClH/c1-4-23-12(3)13-7-8-24(10-13)18-11(2)17-15(9-16(18)21)19(27)26(22)20(28)25(17)14-5-6-14;/h9,12-14,23H,4-8,10,22H2,1-3H3;1H/t12-,13?;/m0./s1. The molecule has 9 heteroatoms. The van der Waals surface area contributed by atoms with Crippen molar-refractivity contribution in [3.05, 3.63) is 38.3 Å². The number of fused-ring (bicyclic) bond motifs is 1. The van der Waals surface area contributed by atoms with E-state index >= 15 is 4.39 Å². The Balaban J connectivity index is 0.00000240. The first kappa shape index (κ1) is 21.6. The van der Waals surface area contributed by atoms with Crippen LogP contribution in [0.25, 0.3) is 10.9 Å². The molecule has 2 heterocycles. The molecule has 0 radical (unpaired) electrons. The number of nitrogens with two attached hydrogens (primary N) is 1. The summed E-state index contributed by atoms with van der Waals surface area (Å²) in [5.41, 5.74) is 0.500. The molecule has 1 saturated carbocycles. The normalized spacial score (nSPS) is 20.1. The van der Waals surface area contributed by atoms with Crippen LogP contribution in [0, 0.1) is 18.7 Å². The lowest BCUT2D eigenvalue weighted by Crippen LogP contribution is -2.44. The van der Waals surface area contributed by atoms with Gasteiger partial charge in [-0.2, -0.15) is 4.68 Å². The summed E-state index contributed by atoms with van der Waals surface area (Å²) in [6.45, 7) is 8.46. The number of aromatic nitrogens is 2. The van der Waals surface area contributed by atoms with E-state index in [1.807, 2.05) is 0 Å². The van der Waals surface area contributed by atoms with Crippen LogP contribution < -0.4 is 27.3 Å². The Morgan fingerprint density at radius 2 is 2.00 bits per heavy atom. The fourth-order valence-corrected chi connectivity index (χ4v) is 4.61. The van der Waals surface area contributed by atoms with Gasteiger partial charge in [0.05, 0.1) is 16.6 Å². The highest BCUT2D eigenvalue weighted by molar-refractivity contribution is 5.87. The van der Waals surface area contributed by atoms with Crippen molar-refractivity contribution in [2.24, 2.45) is 5.92 Å². The second-order valence-electron chi connectivity index (χ2n) is 8.13. The Kier molecular flexibility index (Phi) is 5.96. The summed E-state index contributed by atoms with van der Waals surface area (Å²) in [5, 5.41) is 3.62. The third-order valence-corrected chi connectivity index (χ3v) is 6.25. The number of rotatable bonds is 5. The van der Waals surface area contributed by atoms with Crippen molar-refractivity contribution >= 4 is 29.0 Å². The first-order valence-electron chi connectivity index (χ1n) is 10.1. The average molecular weight is 426 g/mol. The lowest BCUT2D eigenvalue weighted by Gasteiger charge is -2.25. The third-order valence-electron chi connectivity index (χ3n) is 6.25. The van der Waals surface area contributed by atoms with Gasteiger partial charge in [0.15, 0.2) is 0 Å². The maximum atomic E-state index is 15.1. The minimum absolute atomic E-state index is 0. The lowest BCUT2D eigenvalue weighted by atomic mass is 10.0. The summed E-state index contributed by atoms with van der Waals surface area (Å²) >= 11 is 0.